The van der Waals surface area contributed by atoms with Crippen LogP contribution in [0.25, 0.3) is 0 Å². The molecule has 1 rings (SSSR count). The minimum atomic E-state index is -0.569. The van der Waals surface area contributed by atoms with E-state index in [9.17, 15) is 9.90 Å². The Balaban J connectivity index is 2.30. The third kappa shape index (κ3) is 4.44. The van der Waals surface area contributed by atoms with Crippen LogP contribution in [-0.4, -0.2) is 16.3 Å². The van der Waals surface area contributed by atoms with Gasteiger partial charge in [-0.3, -0.25) is 4.79 Å². The summed E-state index contributed by atoms with van der Waals surface area (Å²) in [4.78, 5) is 10.6. The molecule has 76 valence electrons. The fourth-order valence-electron chi connectivity index (χ4n) is 1.28. The van der Waals surface area contributed by atoms with Crippen molar-refractivity contribution in [2.45, 2.75) is 25.4 Å². The Hall–Kier alpha value is -0.800. The minimum Gasteiger partial charge on any atom is -0.393 e. The number of aliphatic hydroxyl groups is 1. The lowest BCUT2D eigenvalue weighted by atomic mass is 10.1. The Morgan fingerprint density at radius 1 is 1.36 bits per heavy atom. The summed E-state index contributed by atoms with van der Waals surface area (Å²) < 4.78 is 0. The van der Waals surface area contributed by atoms with E-state index in [1.807, 2.05) is 30.3 Å². The summed E-state index contributed by atoms with van der Waals surface area (Å²) in [6.07, 6.45) is 0.968. The van der Waals surface area contributed by atoms with Crippen molar-refractivity contribution in [2.24, 2.45) is 0 Å². The fraction of sp³-hybridized carbons (Fsp3) is 0.364. The number of hydrogen-bond acceptors (Lipinski definition) is 2. The lowest BCUT2D eigenvalue weighted by Crippen LogP contribution is -2.11. The van der Waals surface area contributed by atoms with Crippen molar-refractivity contribution in [3.05, 3.63) is 35.9 Å². The highest BCUT2D eigenvalue weighted by Gasteiger charge is 2.07. The zero-order chi connectivity index (χ0) is 10.4. The third-order valence-corrected chi connectivity index (χ3v) is 2.20. The molecule has 1 unspecified atom stereocenters. The van der Waals surface area contributed by atoms with Crippen molar-refractivity contribution < 1.29 is 9.90 Å². The molecule has 1 aromatic rings. The summed E-state index contributed by atoms with van der Waals surface area (Å²) in [5, 5.41) is 9.15. The molecule has 0 bridgehead atoms. The van der Waals surface area contributed by atoms with Crippen LogP contribution in [-0.2, 0) is 11.2 Å². The van der Waals surface area contributed by atoms with E-state index in [0.29, 0.717) is 6.42 Å². The average molecular weight is 210 g/mol. The van der Waals surface area contributed by atoms with E-state index in [0.717, 1.165) is 6.42 Å². The predicted molar refractivity (Wildman–Crippen MR) is 59.4 cm³/mol. The first kappa shape index (κ1) is 11.3. The van der Waals surface area contributed by atoms with Crippen LogP contribution in [0.1, 0.15) is 18.4 Å². The average Bonchev–Trinajstić information content (AvgIpc) is 2.15. The molecule has 0 radical (unpaired) electrons. The van der Waals surface area contributed by atoms with Gasteiger partial charge in [0, 0.05) is 6.42 Å². The molecule has 0 heterocycles. The SMILES string of the molecule is O=C(S)CC(O)CCc1ccccc1. The quantitative estimate of drug-likeness (QED) is 0.727. The monoisotopic (exact) mass is 210 g/mol. The Morgan fingerprint density at radius 3 is 2.57 bits per heavy atom. The van der Waals surface area contributed by atoms with E-state index in [2.05, 4.69) is 12.6 Å². The van der Waals surface area contributed by atoms with Gasteiger partial charge in [0.1, 0.15) is 0 Å². The molecule has 14 heavy (non-hydrogen) atoms. The molecule has 1 N–H and O–H groups in total. The standard InChI is InChI=1S/C11H14O2S/c12-10(8-11(13)14)7-6-9-4-2-1-3-5-9/h1-5,10,12H,6-8H2,(H,13,14). The van der Waals surface area contributed by atoms with Crippen LogP contribution in [0, 0.1) is 0 Å². The molecule has 0 aliphatic heterocycles. The largest absolute Gasteiger partial charge is 0.393 e. The Kier molecular flexibility index (Phi) is 4.70. The van der Waals surface area contributed by atoms with E-state index in [1.165, 1.54) is 5.56 Å². The van der Waals surface area contributed by atoms with Crippen molar-refractivity contribution >= 4 is 17.7 Å². The molecule has 0 fully saturated rings. The first-order valence-corrected chi connectivity index (χ1v) is 5.07. The van der Waals surface area contributed by atoms with Gasteiger partial charge >= 0.3 is 0 Å². The van der Waals surface area contributed by atoms with Crippen molar-refractivity contribution in [3.8, 4) is 0 Å². The second kappa shape index (κ2) is 5.83. The maximum Gasteiger partial charge on any atom is 0.188 e. The summed E-state index contributed by atoms with van der Waals surface area (Å²) in [6.45, 7) is 0. The molecule has 0 aliphatic rings. The minimum absolute atomic E-state index is 0.135. The molecule has 0 aromatic heterocycles. The number of thiol groups is 1. The van der Waals surface area contributed by atoms with Crippen LogP contribution in [0.4, 0.5) is 0 Å². The zero-order valence-corrected chi connectivity index (χ0v) is 8.78. The van der Waals surface area contributed by atoms with Crippen molar-refractivity contribution in [2.75, 3.05) is 0 Å². The summed E-state index contributed by atoms with van der Waals surface area (Å²) in [6, 6.07) is 9.90. The van der Waals surface area contributed by atoms with E-state index in [1.54, 1.807) is 0 Å². The molecule has 0 saturated heterocycles. The molecule has 1 atom stereocenters. The van der Waals surface area contributed by atoms with Gasteiger partial charge in [-0.25, -0.2) is 0 Å². The van der Waals surface area contributed by atoms with Crippen LogP contribution >= 0.6 is 12.6 Å². The number of hydrogen-bond donors (Lipinski definition) is 2. The van der Waals surface area contributed by atoms with Crippen LogP contribution in [0.15, 0.2) is 30.3 Å². The molecular weight excluding hydrogens is 196 g/mol. The topological polar surface area (TPSA) is 37.3 Å². The summed E-state index contributed by atoms with van der Waals surface area (Å²) in [7, 11) is 0. The number of rotatable bonds is 5. The molecular formula is C11H14O2S. The highest BCUT2D eigenvalue weighted by atomic mass is 32.1. The summed E-state index contributed by atoms with van der Waals surface area (Å²) in [5.41, 5.74) is 1.18. The van der Waals surface area contributed by atoms with Crippen molar-refractivity contribution in [1.82, 2.24) is 0 Å². The highest BCUT2D eigenvalue weighted by Crippen LogP contribution is 2.07. The first-order valence-electron chi connectivity index (χ1n) is 4.62. The zero-order valence-electron chi connectivity index (χ0n) is 7.89. The smallest absolute Gasteiger partial charge is 0.188 e. The van der Waals surface area contributed by atoms with E-state index in [-0.39, 0.29) is 11.5 Å². The molecule has 2 nitrogen and oxygen atoms in total. The predicted octanol–water partition coefficient (Wildman–Crippen LogP) is 1.83. The van der Waals surface area contributed by atoms with Crippen LogP contribution in [0.5, 0.6) is 0 Å². The molecule has 1 aromatic carbocycles. The van der Waals surface area contributed by atoms with Gasteiger partial charge in [-0.05, 0) is 18.4 Å². The molecule has 0 aliphatic carbocycles. The fourth-order valence-corrected chi connectivity index (χ4v) is 1.49. The molecule has 0 saturated carbocycles. The molecule has 0 amide bonds. The van der Waals surface area contributed by atoms with E-state index >= 15 is 0 Å². The normalized spacial score (nSPS) is 12.4. The van der Waals surface area contributed by atoms with Crippen molar-refractivity contribution in [3.63, 3.8) is 0 Å². The number of benzene rings is 1. The second-order valence-electron chi connectivity index (χ2n) is 3.28. The Bertz CT molecular complexity index is 285. The summed E-state index contributed by atoms with van der Waals surface area (Å²) >= 11 is 3.62. The lowest BCUT2D eigenvalue weighted by Gasteiger charge is -2.07. The van der Waals surface area contributed by atoms with Gasteiger partial charge in [-0.2, -0.15) is 0 Å². The van der Waals surface area contributed by atoms with E-state index < -0.39 is 6.10 Å². The van der Waals surface area contributed by atoms with E-state index in [4.69, 9.17) is 0 Å². The number of carbonyl (C=O) groups excluding carboxylic acids is 1. The van der Waals surface area contributed by atoms with Crippen LogP contribution in [0.3, 0.4) is 0 Å². The third-order valence-electron chi connectivity index (χ3n) is 2.02. The Morgan fingerprint density at radius 2 is 2.00 bits per heavy atom. The van der Waals surface area contributed by atoms with Crippen molar-refractivity contribution in [1.29, 1.82) is 0 Å². The highest BCUT2D eigenvalue weighted by molar-refractivity contribution is 7.96. The summed E-state index contributed by atoms with van der Waals surface area (Å²) in [5.74, 6) is 0. The molecule has 0 spiro atoms. The van der Waals surface area contributed by atoms with Gasteiger partial charge in [0.05, 0.1) is 6.10 Å². The van der Waals surface area contributed by atoms with Gasteiger partial charge in [0.15, 0.2) is 5.12 Å². The number of carbonyl (C=O) groups is 1. The Labute approximate surface area is 89.4 Å². The van der Waals surface area contributed by atoms with Gasteiger partial charge in [0.2, 0.25) is 0 Å². The van der Waals surface area contributed by atoms with Crippen LogP contribution < -0.4 is 0 Å². The van der Waals surface area contributed by atoms with Gasteiger partial charge in [0.25, 0.3) is 0 Å². The van der Waals surface area contributed by atoms with Gasteiger partial charge in [-0.1, -0.05) is 30.3 Å². The number of aliphatic hydroxyl groups excluding tert-OH is 1. The van der Waals surface area contributed by atoms with Gasteiger partial charge in [-0.15, -0.1) is 12.6 Å². The maximum absolute atomic E-state index is 10.6. The van der Waals surface area contributed by atoms with Gasteiger partial charge < -0.3 is 5.11 Å². The number of aryl methyl sites for hydroxylation is 1. The molecule has 3 heteroatoms. The lowest BCUT2D eigenvalue weighted by molar-refractivity contribution is -0.112. The van der Waals surface area contributed by atoms with Crippen LogP contribution in [0.2, 0.25) is 0 Å². The first-order chi connectivity index (χ1) is 6.68. The maximum atomic E-state index is 10.6. The second-order valence-corrected chi connectivity index (χ2v) is 3.77.